The van der Waals surface area contributed by atoms with Crippen LogP contribution in [0.1, 0.15) is 33.6 Å². The highest BCUT2D eigenvalue weighted by Gasteiger charge is 2.20. The molecule has 16 heavy (non-hydrogen) atoms. The zero-order chi connectivity index (χ0) is 12.8. The van der Waals surface area contributed by atoms with Crippen molar-refractivity contribution in [1.82, 2.24) is 5.32 Å². The summed E-state index contributed by atoms with van der Waals surface area (Å²) in [6.07, 6.45) is 2.24. The van der Waals surface area contributed by atoms with Gasteiger partial charge in [0.05, 0.1) is 5.60 Å². The van der Waals surface area contributed by atoms with E-state index in [1.807, 2.05) is 0 Å². The van der Waals surface area contributed by atoms with Gasteiger partial charge in [0, 0.05) is 18.6 Å². The minimum Gasteiger partial charge on any atom is -0.389 e. The minimum absolute atomic E-state index is 0.146. The smallest absolute Gasteiger partial charge is 0.147 e. The Kier molecular flexibility index (Phi) is 6.51. The van der Waals surface area contributed by atoms with E-state index < -0.39 is 15.4 Å². The van der Waals surface area contributed by atoms with Crippen LogP contribution in [0.25, 0.3) is 0 Å². The molecule has 1 unspecified atom stereocenters. The maximum Gasteiger partial charge on any atom is 0.147 e. The van der Waals surface area contributed by atoms with Crippen LogP contribution < -0.4 is 5.32 Å². The van der Waals surface area contributed by atoms with E-state index in [1.54, 1.807) is 6.92 Å². The fraction of sp³-hybridized carbons (Fsp3) is 1.00. The molecule has 0 aliphatic carbocycles. The summed E-state index contributed by atoms with van der Waals surface area (Å²) in [6, 6.07) is 0. The molecule has 0 bridgehead atoms. The minimum atomic E-state index is -2.91. The Morgan fingerprint density at radius 3 is 2.38 bits per heavy atom. The van der Waals surface area contributed by atoms with Gasteiger partial charge in [-0.3, -0.25) is 0 Å². The average Bonchev–Trinajstić information content (AvgIpc) is 1.99. The van der Waals surface area contributed by atoms with Crippen LogP contribution >= 0.6 is 0 Å². The second-order valence-electron chi connectivity index (χ2n) is 5.26. The lowest BCUT2D eigenvalue weighted by Crippen LogP contribution is -2.39. The molecule has 1 atom stereocenters. The second kappa shape index (κ2) is 6.57. The van der Waals surface area contributed by atoms with Crippen LogP contribution in [-0.4, -0.2) is 44.2 Å². The number of sulfone groups is 1. The number of aliphatic hydroxyl groups is 1. The number of hydrogen-bond acceptors (Lipinski definition) is 4. The highest BCUT2D eigenvalue weighted by molar-refractivity contribution is 7.90. The maximum absolute atomic E-state index is 10.9. The Labute approximate surface area is 99.4 Å². The van der Waals surface area contributed by atoms with Crippen molar-refractivity contribution in [2.45, 2.75) is 39.2 Å². The lowest BCUT2D eigenvalue weighted by molar-refractivity contribution is 0.0498. The first-order valence-electron chi connectivity index (χ1n) is 5.73. The van der Waals surface area contributed by atoms with Crippen molar-refractivity contribution in [3.63, 3.8) is 0 Å². The van der Waals surface area contributed by atoms with E-state index in [9.17, 15) is 13.5 Å². The van der Waals surface area contributed by atoms with Crippen molar-refractivity contribution in [3.05, 3.63) is 0 Å². The van der Waals surface area contributed by atoms with Gasteiger partial charge in [0.1, 0.15) is 9.84 Å². The molecule has 0 heterocycles. The normalized spacial score (nSPS) is 16.4. The van der Waals surface area contributed by atoms with E-state index in [1.165, 1.54) is 6.26 Å². The van der Waals surface area contributed by atoms with Gasteiger partial charge in [0.2, 0.25) is 0 Å². The fourth-order valence-corrected chi connectivity index (χ4v) is 2.10. The molecule has 0 radical (unpaired) electrons. The molecule has 0 spiro atoms. The third-order valence-electron chi connectivity index (χ3n) is 2.29. The number of nitrogens with one attached hydrogen (secondary N) is 1. The summed E-state index contributed by atoms with van der Waals surface area (Å²) in [5, 5.41) is 13.1. The predicted molar refractivity (Wildman–Crippen MR) is 67.3 cm³/mol. The van der Waals surface area contributed by atoms with Crippen LogP contribution in [0.4, 0.5) is 0 Å². The van der Waals surface area contributed by atoms with E-state index in [4.69, 9.17) is 0 Å². The largest absolute Gasteiger partial charge is 0.389 e. The van der Waals surface area contributed by atoms with Crippen LogP contribution in [0.15, 0.2) is 0 Å². The molecule has 5 heteroatoms. The molecule has 2 N–H and O–H groups in total. The quantitative estimate of drug-likeness (QED) is 0.670. The summed E-state index contributed by atoms with van der Waals surface area (Å²) in [5.74, 6) is 0.694. The van der Waals surface area contributed by atoms with E-state index >= 15 is 0 Å². The van der Waals surface area contributed by atoms with Gasteiger partial charge in [-0.1, -0.05) is 13.8 Å². The summed E-state index contributed by atoms with van der Waals surface area (Å²) in [7, 11) is -2.91. The van der Waals surface area contributed by atoms with Gasteiger partial charge < -0.3 is 10.4 Å². The Morgan fingerprint density at radius 1 is 1.38 bits per heavy atom. The highest BCUT2D eigenvalue weighted by Crippen LogP contribution is 2.11. The number of rotatable bonds is 8. The van der Waals surface area contributed by atoms with Crippen molar-refractivity contribution in [1.29, 1.82) is 0 Å². The fourth-order valence-electron chi connectivity index (χ4n) is 1.43. The summed E-state index contributed by atoms with van der Waals surface area (Å²) in [4.78, 5) is 0. The van der Waals surface area contributed by atoms with Crippen LogP contribution in [0.5, 0.6) is 0 Å². The molecular formula is C11H25NO3S. The zero-order valence-electron chi connectivity index (χ0n) is 10.8. The molecule has 0 aliphatic rings. The zero-order valence-corrected chi connectivity index (χ0v) is 11.6. The topological polar surface area (TPSA) is 66.4 Å². The monoisotopic (exact) mass is 251 g/mol. The third kappa shape index (κ3) is 10.4. The molecule has 4 nitrogen and oxygen atoms in total. The highest BCUT2D eigenvalue weighted by atomic mass is 32.2. The first-order valence-corrected chi connectivity index (χ1v) is 7.79. The van der Waals surface area contributed by atoms with Crippen LogP contribution in [-0.2, 0) is 9.84 Å². The Hall–Kier alpha value is -0.130. The molecule has 98 valence electrons. The van der Waals surface area contributed by atoms with E-state index in [2.05, 4.69) is 19.2 Å². The summed E-state index contributed by atoms with van der Waals surface area (Å²) in [5.41, 5.74) is -0.820. The third-order valence-corrected chi connectivity index (χ3v) is 3.32. The predicted octanol–water partition coefficient (Wildman–Crippen LogP) is 0.808. The van der Waals surface area contributed by atoms with Gasteiger partial charge >= 0.3 is 0 Å². The average molecular weight is 251 g/mol. The van der Waals surface area contributed by atoms with Crippen molar-refractivity contribution in [3.8, 4) is 0 Å². The molecule has 0 rings (SSSR count). The summed E-state index contributed by atoms with van der Waals surface area (Å²) >= 11 is 0. The molecule has 0 aromatic heterocycles. The van der Waals surface area contributed by atoms with Crippen LogP contribution in [0.3, 0.4) is 0 Å². The lowest BCUT2D eigenvalue weighted by Gasteiger charge is -2.24. The summed E-state index contributed by atoms with van der Waals surface area (Å²) in [6.45, 7) is 7.32. The van der Waals surface area contributed by atoms with Crippen molar-refractivity contribution in [2.24, 2.45) is 5.92 Å². The molecule has 0 aliphatic heterocycles. The standard InChI is InChI=1S/C11H25NO3S/c1-10(2)8-12-9-11(3,13)6-5-7-16(4,14)15/h10,12-13H,5-9H2,1-4H3. The summed E-state index contributed by atoms with van der Waals surface area (Å²) < 4.78 is 21.8. The first kappa shape index (κ1) is 15.9. The SMILES string of the molecule is CC(C)CNCC(C)(O)CCCS(C)(=O)=O. The van der Waals surface area contributed by atoms with Crippen LogP contribution in [0.2, 0.25) is 0 Å². The Balaban J connectivity index is 3.78. The maximum atomic E-state index is 10.9. The molecule has 0 aromatic rings. The number of hydrogen-bond donors (Lipinski definition) is 2. The van der Waals surface area contributed by atoms with Gasteiger partial charge in [0.25, 0.3) is 0 Å². The van der Waals surface area contributed by atoms with Gasteiger partial charge in [-0.15, -0.1) is 0 Å². The molecule has 0 amide bonds. The van der Waals surface area contributed by atoms with E-state index in [0.29, 0.717) is 25.3 Å². The molecule has 0 saturated carbocycles. The van der Waals surface area contributed by atoms with Crippen molar-refractivity contribution >= 4 is 9.84 Å². The van der Waals surface area contributed by atoms with E-state index in [-0.39, 0.29) is 5.75 Å². The van der Waals surface area contributed by atoms with Crippen LogP contribution in [0, 0.1) is 5.92 Å². The first-order chi connectivity index (χ1) is 7.12. The van der Waals surface area contributed by atoms with E-state index in [0.717, 1.165) is 6.54 Å². The van der Waals surface area contributed by atoms with Gasteiger partial charge in [-0.05, 0) is 32.2 Å². The molecule has 0 aromatic carbocycles. The van der Waals surface area contributed by atoms with Gasteiger partial charge in [-0.2, -0.15) is 0 Å². The molecule has 0 saturated heterocycles. The Bertz CT molecular complexity index is 284. The van der Waals surface area contributed by atoms with Gasteiger partial charge in [0.15, 0.2) is 0 Å². The van der Waals surface area contributed by atoms with Crippen molar-refractivity contribution in [2.75, 3.05) is 25.1 Å². The van der Waals surface area contributed by atoms with Gasteiger partial charge in [-0.25, -0.2) is 8.42 Å². The molecule has 0 fully saturated rings. The van der Waals surface area contributed by atoms with Crippen molar-refractivity contribution < 1.29 is 13.5 Å². The lowest BCUT2D eigenvalue weighted by atomic mass is 10.0. The Morgan fingerprint density at radius 2 is 1.94 bits per heavy atom. The molecular weight excluding hydrogens is 226 g/mol. The second-order valence-corrected chi connectivity index (χ2v) is 7.51.